The Bertz CT molecular complexity index is 354. The SMILES string of the molecule is CCCN1CCc2nc(NCCOC)sc2C1. The van der Waals surface area contributed by atoms with Crippen molar-refractivity contribution in [1.82, 2.24) is 9.88 Å². The molecule has 0 atom stereocenters. The molecule has 0 spiro atoms. The van der Waals surface area contributed by atoms with E-state index in [-0.39, 0.29) is 0 Å². The quantitative estimate of drug-likeness (QED) is 0.789. The summed E-state index contributed by atoms with van der Waals surface area (Å²) in [7, 11) is 1.72. The van der Waals surface area contributed by atoms with Crippen molar-refractivity contribution < 1.29 is 4.74 Å². The summed E-state index contributed by atoms with van der Waals surface area (Å²) in [6, 6.07) is 0. The first-order valence-electron chi connectivity index (χ1n) is 6.27. The van der Waals surface area contributed by atoms with E-state index in [0.29, 0.717) is 0 Å². The van der Waals surface area contributed by atoms with Gasteiger partial charge in [0.1, 0.15) is 0 Å². The van der Waals surface area contributed by atoms with E-state index in [1.54, 1.807) is 18.4 Å². The lowest BCUT2D eigenvalue weighted by Gasteiger charge is -2.24. The maximum absolute atomic E-state index is 5.02. The van der Waals surface area contributed by atoms with Gasteiger partial charge in [0.25, 0.3) is 0 Å². The first kappa shape index (κ1) is 12.8. The van der Waals surface area contributed by atoms with Gasteiger partial charge in [0.2, 0.25) is 0 Å². The Kier molecular flexibility index (Phi) is 4.76. The van der Waals surface area contributed by atoms with Crippen molar-refractivity contribution in [2.24, 2.45) is 0 Å². The summed E-state index contributed by atoms with van der Waals surface area (Å²) in [5.41, 5.74) is 1.29. The van der Waals surface area contributed by atoms with Gasteiger partial charge >= 0.3 is 0 Å². The number of thiazole rings is 1. The van der Waals surface area contributed by atoms with Crippen molar-refractivity contribution in [3.05, 3.63) is 10.6 Å². The van der Waals surface area contributed by atoms with Gasteiger partial charge in [-0.05, 0) is 13.0 Å². The molecule has 17 heavy (non-hydrogen) atoms. The summed E-state index contributed by atoms with van der Waals surface area (Å²) in [5.74, 6) is 0. The second-order valence-electron chi connectivity index (χ2n) is 4.33. The molecule has 0 amide bonds. The first-order chi connectivity index (χ1) is 8.33. The van der Waals surface area contributed by atoms with E-state index in [2.05, 4.69) is 22.1 Å². The molecule has 2 heterocycles. The molecule has 0 aliphatic carbocycles. The van der Waals surface area contributed by atoms with Gasteiger partial charge in [0.15, 0.2) is 5.13 Å². The highest BCUT2D eigenvalue weighted by atomic mass is 32.1. The second kappa shape index (κ2) is 6.33. The first-order valence-corrected chi connectivity index (χ1v) is 7.09. The van der Waals surface area contributed by atoms with Crippen molar-refractivity contribution in [1.29, 1.82) is 0 Å². The highest BCUT2D eigenvalue weighted by Crippen LogP contribution is 2.28. The molecule has 0 bridgehead atoms. The lowest BCUT2D eigenvalue weighted by molar-refractivity contribution is 0.211. The van der Waals surface area contributed by atoms with Crippen LogP contribution in [-0.2, 0) is 17.7 Å². The van der Waals surface area contributed by atoms with Crippen LogP contribution in [0.1, 0.15) is 23.9 Å². The number of methoxy groups -OCH3 is 1. The summed E-state index contributed by atoms with van der Waals surface area (Å²) in [4.78, 5) is 8.59. The van der Waals surface area contributed by atoms with Gasteiger partial charge in [-0.1, -0.05) is 6.92 Å². The van der Waals surface area contributed by atoms with Gasteiger partial charge < -0.3 is 10.1 Å². The van der Waals surface area contributed by atoms with Gasteiger partial charge in [-0.25, -0.2) is 4.98 Å². The Morgan fingerprint density at radius 1 is 1.53 bits per heavy atom. The van der Waals surface area contributed by atoms with E-state index in [1.807, 2.05) is 0 Å². The summed E-state index contributed by atoms with van der Waals surface area (Å²) < 4.78 is 5.02. The van der Waals surface area contributed by atoms with Crippen molar-refractivity contribution in [3.8, 4) is 0 Å². The number of nitrogens with one attached hydrogen (secondary N) is 1. The lowest BCUT2D eigenvalue weighted by Crippen LogP contribution is -2.30. The fourth-order valence-electron chi connectivity index (χ4n) is 2.09. The zero-order valence-corrected chi connectivity index (χ0v) is 11.5. The van der Waals surface area contributed by atoms with Crippen LogP contribution in [0, 0.1) is 0 Å². The Morgan fingerprint density at radius 2 is 2.41 bits per heavy atom. The van der Waals surface area contributed by atoms with E-state index >= 15 is 0 Å². The maximum Gasteiger partial charge on any atom is 0.183 e. The largest absolute Gasteiger partial charge is 0.383 e. The average Bonchev–Trinajstić information content (AvgIpc) is 2.72. The molecule has 0 saturated heterocycles. The van der Waals surface area contributed by atoms with Gasteiger partial charge in [-0.2, -0.15) is 0 Å². The van der Waals surface area contributed by atoms with E-state index in [0.717, 1.165) is 37.8 Å². The average molecular weight is 255 g/mol. The van der Waals surface area contributed by atoms with Crippen molar-refractivity contribution in [2.75, 3.05) is 38.7 Å². The molecule has 0 aromatic carbocycles. The number of rotatable bonds is 6. The normalized spacial score (nSPS) is 15.9. The molecule has 1 aromatic rings. The molecule has 1 aliphatic heterocycles. The van der Waals surface area contributed by atoms with Crippen LogP contribution >= 0.6 is 11.3 Å². The third-order valence-corrected chi connectivity index (χ3v) is 3.97. The minimum absolute atomic E-state index is 0.728. The predicted molar refractivity (Wildman–Crippen MR) is 71.8 cm³/mol. The summed E-state index contributed by atoms with van der Waals surface area (Å²) >= 11 is 1.80. The summed E-state index contributed by atoms with van der Waals surface area (Å²) in [6.07, 6.45) is 2.32. The summed E-state index contributed by atoms with van der Waals surface area (Å²) in [6.45, 7) is 7.23. The van der Waals surface area contributed by atoms with Crippen LogP contribution in [0.3, 0.4) is 0 Å². The Hall–Kier alpha value is -0.650. The second-order valence-corrected chi connectivity index (χ2v) is 5.42. The van der Waals surface area contributed by atoms with Gasteiger partial charge in [0.05, 0.1) is 12.3 Å². The Balaban J connectivity index is 1.92. The number of anilines is 1. The number of fused-ring (bicyclic) bond motifs is 1. The molecule has 0 radical (unpaired) electrons. The van der Waals surface area contributed by atoms with Crippen molar-refractivity contribution in [2.45, 2.75) is 26.3 Å². The van der Waals surface area contributed by atoms with Crippen LogP contribution in [0.2, 0.25) is 0 Å². The van der Waals surface area contributed by atoms with E-state index in [9.17, 15) is 0 Å². The van der Waals surface area contributed by atoms with Crippen LogP contribution in [0.5, 0.6) is 0 Å². The fraction of sp³-hybridized carbons (Fsp3) is 0.750. The minimum Gasteiger partial charge on any atom is -0.383 e. The van der Waals surface area contributed by atoms with E-state index in [4.69, 9.17) is 4.74 Å². The molecule has 4 nitrogen and oxygen atoms in total. The number of nitrogens with zero attached hydrogens (tertiary/aromatic N) is 2. The molecule has 96 valence electrons. The molecule has 5 heteroatoms. The van der Waals surface area contributed by atoms with Crippen LogP contribution < -0.4 is 5.32 Å². The molecular formula is C12H21N3OS. The van der Waals surface area contributed by atoms with Crippen LogP contribution in [0.15, 0.2) is 0 Å². The third kappa shape index (κ3) is 3.40. The molecule has 2 rings (SSSR count). The molecular weight excluding hydrogens is 234 g/mol. The van der Waals surface area contributed by atoms with E-state index < -0.39 is 0 Å². The maximum atomic E-state index is 5.02. The highest BCUT2D eigenvalue weighted by molar-refractivity contribution is 7.15. The standard InChI is InChI=1S/C12H21N3OS/c1-3-6-15-7-4-10-11(9-15)17-12(14-10)13-5-8-16-2/h3-9H2,1-2H3,(H,13,14). The Morgan fingerprint density at radius 3 is 3.18 bits per heavy atom. The monoisotopic (exact) mass is 255 g/mol. The number of ether oxygens (including phenoxy) is 1. The minimum atomic E-state index is 0.728. The molecule has 1 aromatic heterocycles. The molecule has 1 aliphatic rings. The van der Waals surface area contributed by atoms with Crippen molar-refractivity contribution >= 4 is 16.5 Å². The highest BCUT2D eigenvalue weighted by Gasteiger charge is 2.19. The lowest BCUT2D eigenvalue weighted by atomic mass is 10.2. The van der Waals surface area contributed by atoms with Gasteiger partial charge in [0, 0.05) is 38.0 Å². The van der Waals surface area contributed by atoms with Gasteiger partial charge in [-0.15, -0.1) is 11.3 Å². The summed E-state index contributed by atoms with van der Waals surface area (Å²) in [5, 5.41) is 4.36. The number of hydrogen-bond donors (Lipinski definition) is 1. The fourth-order valence-corrected chi connectivity index (χ4v) is 3.17. The molecule has 0 unspecified atom stereocenters. The zero-order valence-electron chi connectivity index (χ0n) is 10.7. The smallest absolute Gasteiger partial charge is 0.183 e. The molecule has 1 N–H and O–H groups in total. The van der Waals surface area contributed by atoms with Crippen LogP contribution in [0.4, 0.5) is 5.13 Å². The van der Waals surface area contributed by atoms with Crippen molar-refractivity contribution in [3.63, 3.8) is 0 Å². The van der Waals surface area contributed by atoms with Gasteiger partial charge in [-0.3, -0.25) is 4.90 Å². The zero-order chi connectivity index (χ0) is 12.1. The topological polar surface area (TPSA) is 37.4 Å². The number of aromatic nitrogens is 1. The van der Waals surface area contributed by atoms with Crippen LogP contribution in [-0.4, -0.2) is 43.2 Å². The number of hydrogen-bond acceptors (Lipinski definition) is 5. The predicted octanol–water partition coefficient (Wildman–Crippen LogP) is 1.97. The van der Waals surface area contributed by atoms with E-state index in [1.165, 1.54) is 23.5 Å². The Labute approximate surface area is 107 Å². The molecule has 0 saturated carbocycles. The third-order valence-electron chi connectivity index (χ3n) is 2.93. The van der Waals surface area contributed by atoms with Crippen LogP contribution in [0.25, 0.3) is 0 Å². The molecule has 0 fully saturated rings.